The summed E-state index contributed by atoms with van der Waals surface area (Å²) in [6, 6.07) is 6.16. The lowest BCUT2D eigenvalue weighted by molar-refractivity contribution is 1.04. The second kappa shape index (κ2) is 3.79. The van der Waals surface area contributed by atoms with Crippen LogP contribution < -0.4 is 0 Å². The SMILES string of the molecule is Cc1cc(C)cc(CN=[N+]=[N-])c1. The summed E-state index contributed by atoms with van der Waals surface area (Å²) in [5.74, 6) is 0. The quantitative estimate of drug-likeness (QED) is 0.363. The Morgan fingerprint density at radius 3 is 2.33 bits per heavy atom. The molecule has 3 heteroatoms. The zero-order valence-electron chi connectivity index (χ0n) is 7.28. The van der Waals surface area contributed by atoms with Crippen LogP contribution in [-0.4, -0.2) is 0 Å². The van der Waals surface area contributed by atoms with Crippen LogP contribution in [0.5, 0.6) is 0 Å². The largest absolute Gasteiger partial charge is 0.0893 e. The lowest BCUT2D eigenvalue weighted by Crippen LogP contribution is -1.84. The number of aryl methyl sites for hydroxylation is 2. The van der Waals surface area contributed by atoms with E-state index in [1.165, 1.54) is 11.1 Å². The highest BCUT2D eigenvalue weighted by Crippen LogP contribution is 2.09. The van der Waals surface area contributed by atoms with Crippen LogP contribution in [0.1, 0.15) is 16.7 Å². The van der Waals surface area contributed by atoms with Gasteiger partial charge in [0, 0.05) is 4.91 Å². The van der Waals surface area contributed by atoms with Gasteiger partial charge < -0.3 is 0 Å². The number of hydrogen-bond acceptors (Lipinski definition) is 1. The van der Waals surface area contributed by atoms with Gasteiger partial charge in [-0.25, -0.2) is 0 Å². The molecule has 0 radical (unpaired) electrons. The van der Waals surface area contributed by atoms with Gasteiger partial charge >= 0.3 is 0 Å². The molecule has 1 aromatic carbocycles. The van der Waals surface area contributed by atoms with Crippen molar-refractivity contribution in [1.29, 1.82) is 0 Å². The smallest absolute Gasteiger partial charge is 0.0511 e. The maximum Gasteiger partial charge on any atom is 0.0511 e. The zero-order valence-corrected chi connectivity index (χ0v) is 7.28. The fourth-order valence-corrected chi connectivity index (χ4v) is 1.27. The van der Waals surface area contributed by atoms with Crippen LogP contribution in [0.25, 0.3) is 10.4 Å². The van der Waals surface area contributed by atoms with Crippen LogP contribution in [0.15, 0.2) is 23.3 Å². The lowest BCUT2D eigenvalue weighted by atomic mass is 10.1. The van der Waals surface area contributed by atoms with E-state index in [0.29, 0.717) is 6.54 Å². The second-order valence-corrected chi connectivity index (χ2v) is 2.88. The first kappa shape index (κ1) is 8.62. The first-order valence-electron chi connectivity index (χ1n) is 3.80. The third-order valence-corrected chi connectivity index (χ3v) is 1.60. The number of benzene rings is 1. The van der Waals surface area contributed by atoms with Gasteiger partial charge in [-0.3, -0.25) is 0 Å². The molecule has 0 N–H and O–H groups in total. The third kappa shape index (κ3) is 2.29. The molecular formula is C9H11N3. The van der Waals surface area contributed by atoms with Crippen molar-refractivity contribution in [2.45, 2.75) is 20.4 Å². The molecule has 0 unspecified atom stereocenters. The summed E-state index contributed by atoms with van der Waals surface area (Å²) in [7, 11) is 0. The summed E-state index contributed by atoms with van der Waals surface area (Å²) < 4.78 is 0. The summed E-state index contributed by atoms with van der Waals surface area (Å²) >= 11 is 0. The van der Waals surface area contributed by atoms with Crippen molar-refractivity contribution in [3.8, 4) is 0 Å². The van der Waals surface area contributed by atoms with Crippen molar-refractivity contribution < 1.29 is 0 Å². The van der Waals surface area contributed by atoms with Gasteiger partial charge in [0.05, 0.1) is 6.54 Å². The van der Waals surface area contributed by atoms with Gasteiger partial charge in [0.25, 0.3) is 0 Å². The summed E-state index contributed by atoms with van der Waals surface area (Å²) in [6.07, 6.45) is 0. The van der Waals surface area contributed by atoms with Crippen molar-refractivity contribution in [3.05, 3.63) is 45.3 Å². The van der Waals surface area contributed by atoms with Crippen LogP contribution in [-0.2, 0) is 6.54 Å². The molecular weight excluding hydrogens is 150 g/mol. The Morgan fingerprint density at radius 2 is 1.83 bits per heavy atom. The van der Waals surface area contributed by atoms with Crippen molar-refractivity contribution in [1.82, 2.24) is 0 Å². The molecule has 0 amide bonds. The van der Waals surface area contributed by atoms with Gasteiger partial charge in [-0.15, -0.1) is 0 Å². The minimum absolute atomic E-state index is 0.443. The number of hydrogen-bond donors (Lipinski definition) is 0. The van der Waals surface area contributed by atoms with Crippen LogP contribution in [0, 0.1) is 13.8 Å². The van der Waals surface area contributed by atoms with E-state index in [0.717, 1.165) is 5.56 Å². The molecule has 0 fully saturated rings. The molecule has 3 nitrogen and oxygen atoms in total. The Labute approximate surface area is 71.7 Å². The Kier molecular flexibility index (Phi) is 2.72. The van der Waals surface area contributed by atoms with E-state index < -0.39 is 0 Å². The van der Waals surface area contributed by atoms with Crippen LogP contribution in [0.3, 0.4) is 0 Å². The fraction of sp³-hybridized carbons (Fsp3) is 0.333. The topological polar surface area (TPSA) is 48.8 Å². The van der Waals surface area contributed by atoms with Crippen molar-refractivity contribution in [2.24, 2.45) is 5.11 Å². The molecule has 0 saturated heterocycles. The predicted octanol–water partition coefficient (Wildman–Crippen LogP) is 3.11. The molecule has 0 spiro atoms. The van der Waals surface area contributed by atoms with E-state index in [4.69, 9.17) is 5.53 Å². The monoisotopic (exact) mass is 161 g/mol. The average molecular weight is 161 g/mol. The molecule has 0 heterocycles. The molecule has 1 aromatic rings. The van der Waals surface area contributed by atoms with Crippen molar-refractivity contribution in [2.75, 3.05) is 0 Å². The van der Waals surface area contributed by atoms with Crippen LogP contribution in [0.2, 0.25) is 0 Å². The minimum Gasteiger partial charge on any atom is -0.0893 e. The van der Waals surface area contributed by atoms with Gasteiger partial charge in [-0.05, 0) is 24.9 Å². The van der Waals surface area contributed by atoms with Crippen molar-refractivity contribution in [3.63, 3.8) is 0 Å². The molecule has 0 saturated carbocycles. The van der Waals surface area contributed by atoms with Crippen LogP contribution in [0.4, 0.5) is 0 Å². The molecule has 0 aliphatic heterocycles. The maximum absolute atomic E-state index is 8.12. The Hall–Kier alpha value is -1.47. The Morgan fingerprint density at radius 1 is 1.25 bits per heavy atom. The Bertz CT molecular complexity index is 304. The van der Waals surface area contributed by atoms with Gasteiger partial charge in [0.15, 0.2) is 0 Å². The summed E-state index contributed by atoms with van der Waals surface area (Å²) in [6.45, 7) is 4.51. The first-order chi connectivity index (χ1) is 5.72. The standard InChI is InChI=1S/C9H11N3/c1-7-3-8(2)5-9(4-7)6-11-12-10/h3-5H,6H2,1-2H3. The van der Waals surface area contributed by atoms with Gasteiger partial charge in [0.1, 0.15) is 0 Å². The summed E-state index contributed by atoms with van der Waals surface area (Å²) in [5, 5.41) is 3.50. The lowest BCUT2D eigenvalue weighted by Gasteiger charge is -2.00. The normalized spacial score (nSPS) is 9.17. The van der Waals surface area contributed by atoms with E-state index >= 15 is 0 Å². The number of azide groups is 1. The minimum atomic E-state index is 0.443. The Balaban J connectivity index is 2.92. The van der Waals surface area contributed by atoms with Gasteiger partial charge in [0.2, 0.25) is 0 Å². The van der Waals surface area contributed by atoms with E-state index in [1.807, 2.05) is 26.0 Å². The first-order valence-corrected chi connectivity index (χ1v) is 3.80. The summed E-state index contributed by atoms with van der Waals surface area (Å²) in [5.41, 5.74) is 11.6. The van der Waals surface area contributed by atoms with E-state index in [9.17, 15) is 0 Å². The highest BCUT2D eigenvalue weighted by atomic mass is 15.1. The van der Waals surface area contributed by atoms with E-state index in [-0.39, 0.29) is 0 Å². The molecule has 1 rings (SSSR count). The average Bonchev–Trinajstić information content (AvgIpc) is 1.99. The van der Waals surface area contributed by atoms with E-state index in [1.54, 1.807) is 0 Å². The molecule has 62 valence electrons. The highest BCUT2D eigenvalue weighted by molar-refractivity contribution is 5.28. The zero-order chi connectivity index (χ0) is 8.97. The summed E-state index contributed by atoms with van der Waals surface area (Å²) in [4.78, 5) is 2.72. The third-order valence-electron chi connectivity index (χ3n) is 1.60. The molecule has 0 aliphatic rings. The number of nitrogens with zero attached hydrogens (tertiary/aromatic N) is 3. The van der Waals surface area contributed by atoms with Gasteiger partial charge in [-0.1, -0.05) is 34.4 Å². The second-order valence-electron chi connectivity index (χ2n) is 2.88. The predicted molar refractivity (Wildman–Crippen MR) is 48.8 cm³/mol. The maximum atomic E-state index is 8.12. The molecule has 0 aliphatic carbocycles. The molecule has 12 heavy (non-hydrogen) atoms. The van der Waals surface area contributed by atoms with Gasteiger partial charge in [-0.2, -0.15) is 0 Å². The molecule has 0 atom stereocenters. The van der Waals surface area contributed by atoms with Crippen LogP contribution >= 0.6 is 0 Å². The molecule has 0 bridgehead atoms. The van der Waals surface area contributed by atoms with E-state index in [2.05, 4.69) is 16.1 Å². The fourth-order valence-electron chi connectivity index (χ4n) is 1.27. The number of rotatable bonds is 2. The highest BCUT2D eigenvalue weighted by Gasteiger charge is 1.93. The molecule has 0 aromatic heterocycles. The van der Waals surface area contributed by atoms with Crippen molar-refractivity contribution >= 4 is 0 Å².